The maximum atomic E-state index is 10.7. The van der Waals surface area contributed by atoms with Gasteiger partial charge in [0.05, 0.1) is 16.7 Å². The highest BCUT2D eigenvalue weighted by atomic mass is 32.2. The summed E-state index contributed by atoms with van der Waals surface area (Å²) in [4.78, 5) is 14.7. The van der Waals surface area contributed by atoms with Gasteiger partial charge in [0.1, 0.15) is 0 Å². The first-order valence-electron chi connectivity index (χ1n) is 5.72. The number of carboxylic acid groups (broad SMARTS) is 1. The molecule has 19 heavy (non-hydrogen) atoms. The Morgan fingerprint density at radius 3 is 2.53 bits per heavy atom. The lowest BCUT2D eigenvalue weighted by molar-refractivity contribution is 0.0696. The van der Waals surface area contributed by atoms with Gasteiger partial charge in [0.25, 0.3) is 0 Å². The van der Waals surface area contributed by atoms with Crippen molar-refractivity contribution in [3.05, 3.63) is 59.8 Å². The van der Waals surface area contributed by atoms with Crippen LogP contribution in [0.2, 0.25) is 0 Å². The Bertz CT molecular complexity index is 542. The van der Waals surface area contributed by atoms with Gasteiger partial charge in [-0.1, -0.05) is 30.3 Å². The van der Waals surface area contributed by atoms with Crippen LogP contribution in [0.15, 0.2) is 53.7 Å². The molecule has 1 atom stereocenters. The molecule has 4 nitrogen and oxygen atoms in total. The number of aliphatic hydroxyl groups is 1. The number of thioether (sulfide) groups is 1. The molecule has 0 saturated heterocycles. The number of benzene rings is 1. The molecule has 1 aromatic carbocycles. The molecule has 98 valence electrons. The molecule has 0 aliphatic carbocycles. The minimum atomic E-state index is -0.992. The summed E-state index contributed by atoms with van der Waals surface area (Å²) in [6, 6.07) is 12.5. The molecule has 0 amide bonds. The van der Waals surface area contributed by atoms with Crippen molar-refractivity contribution < 1.29 is 15.0 Å². The van der Waals surface area contributed by atoms with Crippen molar-refractivity contribution in [3.63, 3.8) is 0 Å². The number of hydrogen-bond acceptors (Lipinski definition) is 4. The summed E-state index contributed by atoms with van der Waals surface area (Å²) >= 11 is 1.39. The Kier molecular flexibility index (Phi) is 4.54. The van der Waals surface area contributed by atoms with Crippen LogP contribution in [0, 0.1) is 0 Å². The minimum Gasteiger partial charge on any atom is -0.478 e. The molecule has 0 fully saturated rings. The molecule has 1 unspecified atom stereocenters. The largest absolute Gasteiger partial charge is 0.478 e. The third-order valence-electron chi connectivity index (χ3n) is 2.56. The lowest BCUT2D eigenvalue weighted by Crippen LogP contribution is -2.01. The highest BCUT2D eigenvalue weighted by Crippen LogP contribution is 2.23. The monoisotopic (exact) mass is 275 g/mol. The van der Waals surface area contributed by atoms with Gasteiger partial charge in [-0.3, -0.25) is 0 Å². The van der Waals surface area contributed by atoms with Gasteiger partial charge in [-0.25, -0.2) is 9.78 Å². The van der Waals surface area contributed by atoms with Crippen LogP contribution in [-0.2, 0) is 0 Å². The molecular weight excluding hydrogens is 262 g/mol. The van der Waals surface area contributed by atoms with E-state index in [1.807, 2.05) is 30.3 Å². The van der Waals surface area contributed by atoms with E-state index >= 15 is 0 Å². The normalized spacial score (nSPS) is 12.1. The highest BCUT2D eigenvalue weighted by molar-refractivity contribution is 7.99. The van der Waals surface area contributed by atoms with E-state index < -0.39 is 12.1 Å². The predicted octanol–water partition coefficient (Wildman–Crippen LogP) is 2.61. The second-order valence-electron chi connectivity index (χ2n) is 3.93. The maximum Gasteiger partial charge on any atom is 0.337 e. The number of aliphatic hydroxyl groups excluding tert-OH is 1. The molecule has 0 aliphatic rings. The van der Waals surface area contributed by atoms with Crippen molar-refractivity contribution in [2.45, 2.75) is 11.1 Å². The van der Waals surface area contributed by atoms with Crippen molar-refractivity contribution in [1.82, 2.24) is 4.98 Å². The van der Waals surface area contributed by atoms with Gasteiger partial charge in [-0.15, -0.1) is 11.8 Å². The fourth-order valence-electron chi connectivity index (χ4n) is 1.53. The molecule has 1 heterocycles. The van der Waals surface area contributed by atoms with E-state index in [2.05, 4.69) is 4.98 Å². The number of aromatic carboxylic acids is 1. The van der Waals surface area contributed by atoms with Gasteiger partial charge in [0, 0.05) is 11.9 Å². The van der Waals surface area contributed by atoms with Crippen LogP contribution >= 0.6 is 11.8 Å². The summed E-state index contributed by atoms with van der Waals surface area (Å²) in [6.07, 6.45) is 0.756. The summed E-state index contributed by atoms with van der Waals surface area (Å²) in [5.41, 5.74) is 1.02. The number of carboxylic acids is 1. The lowest BCUT2D eigenvalue weighted by Gasteiger charge is -2.09. The Labute approximate surface area is 115 Å². The number of carbonyl (C=O) groups is 1. The summed E-state index contributed by atoms with van der Waals surface area (Å²) in [5, 5.41) is 19.4. The smallest absolute Gasteiger partial charge is 0.337 e. The third-order valence-corrected chi connectivity index (χ3v) is 3.58. The Morgan fingerprint density at radius 2 is 1.95 bits per heavy atom. The van der Waals surface area contributed by atoms with Crippen LogP contribution in [0.1, 0.15) is 22.0 Å². The Balaban J connectivity index is 1.93. The molecule has 0 spiro atoms. The number of hydrogen-bond donors (Lipinski definition) is 2. The Morgan fingerprint density at radius 1 is 1.21 bits per heavy atom. The summed E-state index contributed by atoms with van der Waals surface area (Å²) in [5.74, 6) is -0.517. The molecular formula is C14H13NO3S. The molecule has 5 heteroatoms. The zero-order valence-electron chi connectivity index (χ0n) is 10.1. The molecule has 0 bridgehead atoms. The van der Waals surface area contributed by atoms with Gasteiger partial charge in [-0.2, -0.15) is 0 Å². The minimum absolute atomic E-state index is 0.160. The van der Waals surface area contributed by atoms with Gasteiger partial charge in [0.15, 0.2) is 0 Å². The number of aromatic nitrogens is 1. The zero-order valence-corrected chi connectivity index (χ0v) is 10.9. The van der Waals surface area contributed by atoms with Crippen LogP contribution in [0.4, 0.5) is 0 Å². The van der Waals surface area contributed by atoms with E-state index in [9.17, 15) is 9.90 Å². The first-order chi connectivity index (χ1) is 9.16. The van der Waals surface area contributed by atoms with E-state index in [-0.39, 0.29) is 5.56 Å². The maximum absolute atomic E-state index is 10.7. The van der Waals surface area contributed by atoms with E-state index in [4.69, 9.17) is 5.11 Å². The molecule has 0 saturated carbocycles. The average molecular weight is 275 g/mol. The Hall–Kier alpha value is -1.85. The number of pyridine rings is 1. The van der Waals surface area contributed by atoms with E-state index in [0.29, 0.717) is 10.8 Å². The molecule has 2 rings (SSSR count). The van der Waals surface area contributed by atoms with Crippen molar-refractivity contribution in [3.8, 4) is 0 Å². The third kappa shape index (κ3) is 3.81. The van der Waals surface area contributed by atoms with Crippen LogP contribution < -0.4 is 0 Å². The highest BCUT2D eigenvalue weighted by Gasteiger charge is 2.09. The summed E-state index contributed by atoms with van der Waals surface area (Å²) in [6.45, 7) is 0. The van der Waals surface area contributed by atoms with Gasteiger partial charge in [0.2, 0.25) is 0 Å². The topological polar surface area (TPSA) is 70.4 Å². The molecule has 0 radical (unpaired) electrons. The van der Waals surface area contributed by atoms with Gasteiger partial charge < -0.3 is 10.2 Å². The van der Waals surface area contributed by atoms with Crippen molar-refractivity contribution in [2.24, 2.45) is 0 Å². The summed E-state index contributed by atoms with van der Waals surface area (Å²) in [7, 11) is 0. The number of rotatable bonds is 5. The van der Waals surface area contributed by atoms with Crippen molar-refractivity contribution >= 4 is 17.7 Å². The van der Waals surface area contributed by atoms with E-state index in [1.165, 1.54) is 24.0 Å². The molecule has 2 aromatic rings. The summed E-state index contributed by atoms with van der Waals surface area (Å²) < 4.78 is 0. The molecule has 1 aromatic heterocycles. The van der Waals surface area contributed by atoms with Crippen LogP contribution in [0.25, 0.3) is 0 Å². The van der Waals surface area contributed by atoms with E-state index in [1.54, 1.807) is 6.07 Å². The first kappa shape index (κ1) is 13.6. The zero-order chi connectivity index (χ0) is 13.7. The van der Waals surface area contributed by atoms with Crippen molar-refractivity contribution in [2.75, 3.05) is 5.75 Å². The van der Waals surface area contributed by atoms with Crippen LogP contribution in [0.3, 0.4) is 0 Å². The predicted molar refractivity (Wildman–Crippen MR) is 73.3 cm³/mol. The van der Waals surface area contributed by atoms with Gasteiger partial charge >= 0.3 is 5.97 Å². The second kappa shape index (κ2) is 6.36. The quantitative estimate of drug-likeness (QED) is 0.821. The van der Waals surface area contributed by atoms with Gasteiger partial charge in [-0.05, 0) is 17.7 Å². The lowest BCUT2D eigenvalue weighted by atomic mass is 10.1. The fraction of sp³-hybridized carbons (Fsp3) is 0.143. The van der Waals surface area contributed by atoms with Crippen LogP contribution in [0.5, 0.6) is 0 Å². The molecule has 0 aliphatic heterocycles. The average Bonchev–Trinajstić information content (AvgIpc) is 2.46. The second-order valence-corrected chi connectivity index (χ2v) is 4.97. The fourth-order valence-corrected chi connectivity index (χ4v) is 2.34. The molecule has 2 N–H and O–H groups in total. The van der Waals surface area contributed by atoms with Crippen molar-refractivity contribution in [1.29, 1.82) is 0 Å². The van der Waals surface area contributed by atoms with E-state index in [0.717, 1.165) is 5.56 Å². The SMILES string of the molecule is O=C(O)c1ccc(SCC(O)c2ccccc2)nc1. The first-order valence-corrected chi connectivity index (χ1v) is 6.70. The standard InChI is InChI=1S/C14H13NO3S/c16-12(10-4-2-1-3-5-10)9-19-13-7-6-11(8-15-13)14(17)18/h1-8,12,16H,9H2,(H,17,18). The number of nitrogens with zero attached hydrogens (tertiary/aromatic N) is 1. The van der Waals surface area contributed by atoms with Crippen LogP contribution in [-0.4, -0.2) is 26.9 Å².